The molecule has 1 amide bonds. The molecule has 1 saturated carbocycles. The Morgan fingerprint density at radius 3 is 2.93 bits per heavy atom. The second kappa shape index (κ2) is 7.63. The third kappa shape index (κ3) is 3.64. The molecule has 0 saturated heterocycles. The molecule has 9 nitrogen and oxygen atoms in total. The van der Waals surface area contributed by atoms with E-state index >= 15 is 0 Å². The van der Waals surface area contributed by atoms with E-state index in [9.17, 15) is 14.9 Å². The van der Waals surface area contributed by atoms with Crippen LogP contribution in [0.4, 0.5) is 5.69 Å². The minimum absolute atomic E-state index is 0.0949. The molecule has 28 heavy (non-hydrogen) atoms. The molecule has 1 aliphatic rings. The summed E-state index contributed by atoms with van der Waals surface area (Å²) in [5, 5.41) is 20.9. The number of fused-ring (bicyclic) bond motifs is 1. The Kier molecular flexibility index (Phi) is 4.88. The zero-order chi connectivity index (χ0) is 19.5. The van der Waals surface area contributed by atoms with Crippen molar-refractivity contribution in [1.82, 2.24) is 20.5 Å². The normalized spacial score (nSPS) is 14.3. The summed E-state index contributed by atoms with van der Waals surface area (Å²) in [6.07, 6.45) is 6.17. The number of amides is 1. The molecule has 0 unspecified atom stereocenters. The largest absolute Gasteiger partial charge is 0.474 e. The van der Waals surface area contributed by atoms with Gasteiger partial charge in [-0.05, 0) is 37.8 Å². The van der Waals surface area contributed by atoms with Gasteiger partial charge >= 0.3 is 0 Å². The van der Waals surface area contributed by atoms with Crippen LogP contribution in [0, 0.1) is 10.1 Å². The molecule has 1 fully saturated rings. The van der Waals surface area contributed by atoms with Crippen LogP contribution in [-0.4, -0.2) is 32.1 Å². The number of pyridine rings is 1. The molecule has 0 atom stereocenters. The number of benzene rings is 1. The zero-order valence-corrected chi connectivity index (χ0v) is 15.1. The van der Waals surface area contributed by atoms with Crippen LogP contribution in [-0.2, 0) is 6.54 Å². The van der Waals surface area contributed by atoms with Gasteiger partial charge in [-0.25, -0.2) is 4.98 Å². The second-order valence-electron chi connectivity index (χ2n) is 6.73. The Bertz CT molecular complexity index is 1030. The zero-order valence-electron chi connectivity index (χ0n) is 15.1. The lowest BCUT2D eigenvalue weighted by molar-refractivity contribution is -0.384. The van der Waals surface area contributed by atoms with Gasteiger partial charge in [0.15, 0.2) is 5.69 Å². The number of ether oxygens (including phenoxy) is 1. The quantitative estimate of drug-likeness (QED) is 0.499. The van der Waals surface area contributed by atoms with E-state index in [2.05, 4.69) is 20.5 Å². The van der Waals surface area contributed by atoms with E-state index in [1.807, 2.05) is 6.07 Å². The number of hydrogen-bond acceptors (Lipinski definition) is 6. The molecule has 2 N–H and O–H groups in total. The number of aromatic nitrogens is 3. The van der Waals surface area contributed by atoms with Gasteiger partial charge in [-0.3, -0.25) is 20.0 Å². The van der Waals surface area contributed by atoms with Crippen molar-refractivity contribution in [2.24, 2.45) is 0 Å². The van der Waals surface area contributed by atoms with Gasteiger partial charge in [0.05, 0.1) is 10.4 Å². The van der Waals surface area contributed by atoms with Crippen LogP contribution in [0.2, 0.25) is 0 Å². The highest BCUT2D eigenvalue weighted by molar-refractivity contribution is 6.05. The Hall–Kier alpha value is -3.49. The maximum absolute atomic E-state index is 12.6. The first-order valence-electron chi connectivity index (χ1n) is 9.13. The highest BCUT2D eigenvalue weighted by Gasteiger charge is 2.20. The van der Waals surface area contributed by atoms with Crippen molar-refractivity contribution in [2.45, 2.75) is 38.3 Å². The predicted molar refractivity (Wildman–Crippen MR) is 101 cm³/mol. The predicted octanol–water partition coefficient (Wildman–Crippen LogP) is 3.12. The number of nitrogens with zero attached hydrogens (tertiary/aromatic N) is 3. The number of nitrogens with one attached hydrogen (secondary N) is 2. The van der Waals surface area contributed by atoms with Crippen LogP contribution in [0.3, 0.4) is 0 Å². The number of H-pyrrole nitrogens is 1. The Balaban J connectivity index is 1.50. The van der Waals surface area contributed by atoms with Gasteiger partial charge in [-0.1, -0.05) is 6.07 Å². The lowest BCUT2D eigenvalue weighted by Crippen LogP contribution is -2.24. The molecule has 0 radical (unpaired) electrons. The molecular weight excluding hydrogens is 362 g/mol. The third-order valence-corrected chi connectivity index (χ3v) is 4.84. The minimum Gasteiger partial charge on any atom is -0.474 e. The van der Waals surface area contributed by atoms with Crippen molar-refractivity contribution >= 4 is 22.5 Å². The van der Waals surface area contributed by atoms with Crippen molar-refractivity contribution in [2.75, 3.05) is 0 Å². The Morgan fingerprint density at radius 1 is 1.32 bits per heavy atom. The lowest BCUT2D eigenvalue weighted by atomic mass is 10.2. The van der Waals surface area contributed by atoms with Gasteiger partial charge in [0.2, 0.25) is 5.88 Å². The summed E-state index contributed by atoms with van der Waals surface area (Å²) in [7, 11) is 0. The van der Waals surface area contributed by atoms with E-state index in [1.54, 1.807) is 12.3 Å². The fourth-order valence-corrected chi connectivity index (χ4v) is 3.38. The number of nitro benzene ring substituents is 1. The van der Waals surface area contributed by atoms with Crippen molar-refractivity contribution < 1.29 is 14.5 Å². The van der Waals surface area contributed by atoms with Crippen LogP contribution < -0.4 is 10.1 Å². The average molecular weight is 381 g/mol. The van der Waals surface area contributed by atoms with Crippen LogP contribution in [0.5, 0.6) is 5.88 Å². The molecule has 3 aromatic rings. The topological polar surface area (TPSA) is 123 Å². The van der Waals surface area contributed by atoms with Crippen molar-refractivity contribution in [1.29, 1.82) is 0 Å². The minimum atomic E-state index is -0.504. The number of hydrogen-bond donors (Lipinski definition) is 2. The molecule has 2 aromatic heterocycles. The molecule has 0 aliphatic heterocycles. The van der Waals surface area contributed by atoms with E-state index in [1.165, 1.54) is 18.2 Å². The molecule has 1 aromatic carbocycles. The first kappa shape index (κ1) is 17.9. The summed E-state index contributed by atoms with van der Waals surface area (Å²) in [6, 6.07) is 7.88. The van der Waals surface area contributed by atoms with Gasteiger partial charge < -0.3 is 10.1 Å². The van der Waals surface area contributed by atoms with Crippen LogP contribution >= 0.6 is 0 Å². The number of nitro groups is 1. The van der Waals surface area contributed by atoms with E-state index in [0.717, 1.165) is 31.2 Å². The van der Waals surface area contributed by atoms with Crippen LogP contribution in [0.25, 0.3) is 10.9 Å². The van der Waals surface area contributed by atoms with E-state index in [4.69, 9.17) is 4.74 Å². The van der Waals surface area contributed by atoms with Crippen molar-refractivity contribution in [3.8, 4) is 5.88 Å². The molecule has 4 rings (SSSR count). The summed E-state index contributed by atoms with van der Waals surface area (Å²) < 4.78 is 5.98. The summed E-state index contributed by atoms with van der Waals surface area (Å²) in [5.74, 6) is 0.0969. The fraction of sp³-hybridized carbons (Fsp3) is 0.316. The monoisotopic (exact) mass is 381 g/mol. The molecule has 0 spiro atoms. The van der Waals surface area contributed by atoms with Gasteiger partial charge in [-0.2, -0.15) is 5.10 Å². The van der Waals surface area contributed by atoms with Crippen LogP contribution in [0.15, 0.2) is 36.5 Å². The number of carbonyl (C=O) groups excluding carboxylic acids is 1. The highest BCUT2D eigenvalue weighted by Crippen LogP contribution is 2.25. The van der Waals surface area contributed by atoms with E-state index in [0.29, 0.717) is 16.8 Å². The summed E-state index contributed by atoms with van der Waals surface area (Å²) in [4.78, 5) is 27.4. The molecule has 0 bridgehead atoms. The average Bonchev–Trinajstić information content (AvgIpc) is 3.36. The number of aromatic amines is 1. The standard InChI is InChI=1S/C19H19N5O4/c25-18(17-15-10-13(24(26)27)7-8-16(15)22-23-17)21-11-12-4-3-9-20-19(12)28-14-5-1-2-6-14/h3-4,7-10,14H,1-2,5-6,11H2,(H,21,25)(H,22,23). The Morgan fingerprint density at radius 2 is 2.14 bits per heavy atom. The molecule has 2 heterocycles. The molecule has 144 valence electrons. The first-order valence-corrected chi connectivity index (χ1v) is 9.13. The first-order chi connectivity index (χ1) is 13.6. The number of rotatable bonds is 6. The van der Waals surface area contributed by atoms with Gasteiger partial charge in [0.1, 0.15) is 6.10 Å². The van der Waals surface area contributed by atoms with E-state index < -0.39 is 10.8 Å². The third-order valence-electron chi connectivity index (χ3n) is 4.84. The molecule has 1 aliphatic carbocycles. The second-order valence-corrected chi connectivity index (χ2v) is 6.73. The summed E-state index contributed by atoms with van der Waals surface area (Å²) >= 11 is 0. The lowest BCUT2D eigenvalue weighted by Gasteiger charge is -2.15. The smallest absolute Gasteiger partial charge is 0.272 e. The van der Waals surface area contributed by atoms with E-state index in [-0.39, 0.29) is 24.0 Å². The number of non-ortho nitro benzene ring substituents is 1. The SMILES string of the molecule is O=C(NCc1cccnc1OC1CCCC1)c1n[nH]c2ccc([N+](=O)[O-])cc12. The fourth-order valence-electron chi connectivity index (χ4n) is 3.38. The Labute approximate surface area is 160 Å². The highest BCUT2D eigenvalue weighted by atomic mass is 16.6. The summed E-state index contributed by atoms with van der Waals surface area (Å²) in [6.45, 7) is 0.220. The summed E-state index contributed by atoms with van der Waals surface area (Å²) in [5.41, 5.74) is 1.35. The molecule has 9 heteroatoms. The van der Waals surface area contributed by atoms with Crippen molar-refractivity contribution in [3.05, 3.63) is 57.9 Å². The van der Waals surface area contributed by atoms with Crippen LogP contribution in [0.1, 0.15) is 41.7 Å². The van der Waals surface area contributed by atoms with Gasteiger partial charge in [0, 0.05) is 35.8 Å². The maximum Gasteiger partial charge on any atom is 0.272 e. The van der Waals surface area contributed by atoms with Gasteiger partial charge in [0.25, 0.3) is 11.6 Å². The van der Waals surface area contributed by atoms with Gasteiger partial charge in [-0.15, -0.1) is 0 Å². The maximum atomic E-state index is 12.6. The molecular formula is C19H19N5O4. The number of carbonyl (C=O) groups is 1. The van der Waals surface area contributed by atoms with Crippen molar-refractivity contribution in [3.63, 3.8) is 0 Å².